The standard InChI is InChI=1S/C14H19NO3/c1-17-14(16)10-5-7-12(8-6-10)18-13-4-2-3-11(15)9-13/h5-8,11,13H,2-4,9,15H2,1H3. The van der Waals surface area contributed by atoms with Gasteiger partial charge in [-0.05, 0) is 49.9 Å². The van der Waals surface area contributed by atoms with Gasteiger partial charge in [-0.25, -0.2) is 4.79 Å². The fourth-order valence-corrected chi connectivity index (χ4v) is 2.27. The highest BCUT2D eigenvalue weighted by Gasteiger charge is 2.20. The van der Waals surface area contributed by atoms with Gasteiger partial charge in [0.2, 0.25) is 0 Å². The molecule has 98 valence electrons. The molecule has 4 nitrogen and oxygen atoms in total. The van der Waals surface area contributed by atoms with Crippen LogP contribution < -0.4 is 10.5 Å². The van der Waals surface area contributed by atoms with Crippen molar-refractivity contribution in [3.63, 3.8) is 0 Å². The van der Waals surface area contributed by atoms with Crippen molar-refractivity contribution in [3.05, 3.63) is 29.8 Å². The van der Waals surface area contributed by atoms with Gasteiger partial charge in [-0.3, -0.25) is 0 Å². The van der Waals surface area contributed by atoms with E-state index in [1.165, 1.54) is 7.11 Å². The summed E-state index contributed by atoms with van der Waals surface area (Å²) in [6.07, 6.45) is 4.34. The molecule has 0 amide bonds. The van der Waals surface area contributed by atoms with Crippen molar-refractivity contribution < 1.29 is 14.3 Å². The Morgan fingerprint density at radius 1 is 1.28 bits per heavy atom. The molecule has 1 fully saturated rings. The highest BCUT2D eigenvalue weighted by atomic mass is 16.5. The summed E-state index contributed by atoms with van der Waals surface area (Å²) in [7, 11) is 1.37. The maximum atomic E-state index is 11.3. The van der Waals surface area contributed by atoms with Crippen molar-refractivity contribution in [2.75, 3.05) is 7.11 Å². The molecule has 1 aromatic carbocycles. The number of nitrogens with two attached hydrogens (primary N) is 1. The lowest BCUT2D eigenvalue weighted by molar-refractivity contribution is 0.0600. The normalized spacial score (nSPS) is 23.4. The van der Waals surface area contributed by atoms with Crippen LogP contribution >= 0.6 is 0 Å². The second-order valence-electron chi connectivity index (χ2n) is 4.68. The number of ether oxygens (including phenoxy) is 2. The molecule has 0 bridgehead atoms. The van der Waals surface area contributed by atoms with Crippen LogP contribution in [0.25, 0.3) is 0 Å². The number of hydrogen-bond donors (Lipinski definition) is 1. The Labute approximate surface area is 107 Å². The summed E-state index contributed by atoms with van der Waals surface area (Å²) < 4.78 is 10.5. The first-order valence-electron chi connectivity index (χ1n) is 6.29. The van der Waals surface area contributed by atoms with Crippen molar-refractivity contribution in [1.29, 1.82) is 0 Å². The minimum absolute atomic E-state index is 0.192. The molecule has 0 radical (unpaired) electrons. The summed E-state index contributed by atoms with van der Waals surface area (Å²) in [4.78, 5) is 11.3. The average Bonchev–Trinajstić information content (AvgIpc) is 2.39. The quantitative estimate of drug-likeness (QED) is 0.833. The van der Waals surface area contributed by atoms with E-state index in [2.05, 4.69) is 4.74 Å². The zero-order valence-corrected chi connectivity index (χ0v) is 10.6. The molecule has 0 aromatic heterocycles. The smallest absolute Gasteiger partial charge is 0.337 e. The van der Waals surface area contributed by atoms with Crippen LogP contribution in [0.3, 0.4) is 0 Å². The van der Waals surface area contributed by atoms with Crippen molar-refractivity contribution in [2.45, 2.75) is 37.8 Å². The van der Waals surface area contributed by atoms with E-state index >= 15 is 0 Å². The topological polar surface area (TPSA) is 61.5 Å². The number of methoxy groups -OCH3 is 1. The predicted molar refractivity (Wildman–Crippen MR) is 68.6 cm³/mol. The molecule has 2 unspecified atom stereocenters. The SMILES string of the molecule is COC(=O)c1ccc(OC2CCCC(N)C2)cc1. The third-order valence-electron chi connectivity index (χ3n) is 3.24. The number of carbonyl (C=O) groups is 1. The molecular weight excluding hydrogens is 230 g/mol. The Bertz CT molecular complexity index is 402. The zero-order valence-electron chi connectivity index (χ0n) is 10.6. The van der Waals surface area contributed by atoms with Crippen molar-refractivity contribution in [1.82, 2.24) is 0 Å². The van der Waals surface area contributed by atoms with E-state index < -0.39 is 0 Å². The molecule has 1 aliphatic rings. The lowest BCUT2D eigenvalue weighted by Gasteiger charge is -2.27. The van der Waals surface area contributed by atoms with Crippen LogP contribution in [0.5, 0.6) is 5.75 Å². The molecule has 0 heterocycles. The van der Waals surface area contributed by atoms with E-state index in [0.29, 0.717) is 5.56 Å². The lowest BCUT2D eigenvalue weighted by atomic mass is 9.93. The fourth-order valence-electron chi connectivity index (χ4n) is 2.27. The summed E-state index contributed by atoms with van der Waals surface area (Å²) in [5.74, 6) is 0.447. The first kappa shape index (κ1) is 12.9. The lowest BCUT2D eigenvalue weighted by Crippen LogP contribution is -2.33. The van der Waals surface area contributed by atoms with Gasteiger partial charge in [0.1, 0.15) is 11.9 Å². The summed E-state index contributed by atoms with van der Waals surface area (Å²) in [5, 5.41) is 0. The van der Waals surface area contributed by atoms with E-state index in [-0.39, 0.29) is 18.1 Å². The minimum atomic E-state index is -0.332. The maximum Gasteiger partial charge on any atom is 0.337 e. The Balaban J connectivity index is 1.95. The molecule has 1 saturated carbocycles. The Morgan fingerprint density at radius 2 is 2.00 bits per heavy atom. The molecular formula is C14H19NO3. The largest absolute Gasteiger partial charge is 0.490 e. The van der Waals surface area contributed by atoms with Crippen LogP contribution in [-0.2, 0) is 4.74 Å². The van der Waals surface area contributed by atoms with Crippen LogP contribution in [0.15, 0.2) is 24.3 Å². The van der Waals surface area contributed by atoms with Crippen molar-refractivity contribution in [3.8, 4) is 5.75 Å². The van der Waals surface area contributed by atoms with Gasteiger partial charge in [0.15, 0.2) is 0 Å². The Morgan fingerprint density at radius 3 is 2.61 bits per heavy atom. The molecule has 18 heavy (non-hydrogen) atoms. The fraction of sp³-hybridized carbons (Fsp3) is 0.500. The number of rotatable bonds is 3. The van der Waals surface area contributed by atoms with E-state index in [4.69, 9.17) is 10.5 Å². The third-order valence-corrected chi connectivity index (χ3v) is 3.24. The number of benzene rings is 1. The van der Waals surface area contributed by atoms with Crippen LogP contribution in [0.4, 0.5) is 0 Å². The maximum absolute atomic E-state index is 11.3. The minimum Gasteiger partial charge on any atom is -0.490 e. The van der Waals surface area contributed by atoms with Crippen LogP contribution in [0, 0.1) is 0 Å². The molecule has 2 rings (SSSR count). The van der Waals surface area contributed by atoms with Crippen molar-refractivity contribution in [2.24, 2.45) is 5.73 Å². The molecule has 1 aliphatic carbocycles. The van der Waals surface area contributed by atoms with Crippen molar-refractivity contribution >= 4 is 5.97 Å². The third kappa shape index (κ3) is 3.23. The van der Waals surface area contributed by atoms with E-state index in [9.17, 15) is 4.79 Å². The highest BCUT2D eigenvalue weighted by molar-refractivity contribution is 5.89. The second kappa shape index (κ2) is 5.87. The van der Waals surface area contributed by atoms with Gasteiger partial charge in [-0.2, -0.15) is 0 Å². The summed E-state index contributed by atoms with van der Waals surface area (Å²) in [6.45, 7) is 0. The van der Waals surface area contributed by atoms with Gasteiger partial charge in [-0.15, -0.1) is 0 Å². The van der Waals surface area contributed by atoms with Crippen LogP contribution in [-0.4, -0.2) is 25.2 Å². The molecule has 1 aromatic rings. The zero-order chi connectivity index (χ0) is 13.0. The Hall–Kier alpha value is -1.55. The van der Waals surface area contributed by atoms with Gasteiger partial charge < -0.3 is 15.2 Å². The van der Waals surface area contributed by atoms with Gasteiger partial charge in [0.25, 0.3) is 0 Å². The molecule has 0 aliphatic heterocycles. The Kier molecular flexibility index (Phi) is 4.20. The molecule has 2 N–H and O–H groups in total. The van der Waals surface area contributed by atoms with Crippen LogP contribution in [0.1, 0.15) is 36.0 Å². The molecule has 0 saturated heterocycles. The molecule has 0 spiro atoms. The van der Waals surface area contributed by atoms with E-state index in [1.54, 1.807) is 24.3 Å². The monoisotopic (exact) mass is 249 g/mol. The van der Waals surface area contributed by atoms with E-state index in [0.717, 1.165) is 31.4 Å². The molecule has 4 heteroatoms. The summed E-state index contributed by atoms with van der Waals surface area (Å²) in [6, 6.07) is 7.27. The first-order valence-corrected chi connectivity index (χ1v) is 6.29. The van der Waals surface area contributed by atoms with Gasteiger partial charge in [0.05, 0.1) is 12.7 Å². The summed E-state index contributed by atoms with van der Waals surface area (Å²) >= 11 is 0. The average molecular weight is 249 g/mol. The first-order chi connectivity index (χ1) is 8.69. The number of esters is 1. The van der Waals surface area contributed by atoms with Crippen LogP contribution in [0.2, 0.25) is 0 Å². The van der Waals surface area contributed by atoms with Gasteiger partial charge >= 0.3 is 5.97 Å². The number of hydrogen-bond acceptors (Lipinski definition) is 4. The highest BCUT2D eigenvalue weighted by Crippen LogP contribution is 2.23. The summed E-state index contributed by atoms with van der Waals surface area (Å²) in [5.41, 5.74) is 6.45. The predicted octanol–water partition coefficient (Wildman–Crippen LogP) is 2.12. The molecule has 2 atom stereocenters. The van der Waals surface area contributed by atoms with E-state index in [1.807, 2.05) is 0 Å². The van der Waals surface area contributed by atoms with Gasteiger partial charge in [0, 0.05) is 6.04 Å². The van der Waals surface area contributed by atoms with Gasteiger partial charge in [-0.1, -0.05) is 0 Å². The second-order valence-corrected chi connectivity index (χ2v) is 4.68. The number of carbonyl (C=O) groups excluding carboxylic acids is 1.